The van der Waals surface area contributed by atoms with Crippen molar-refractivity contribution < 1.29 is 14.1 Å². The molecule has 0 N–H and O–H groups in total. The van der Waals surface area contributed by atoms with E-state index in [1.807, 2.05) is 60.5 Å². The van der Waals surface area contributed by atoms with Gasteiger partial charge in [-0.25, -0.2) is 0 Å². The molecule has 3 aromatic rings. The Bertz CT molecular complexity index is 876. The lowest BCUT2D eigenvalue weighted by Gasteiger charge is -2.28. The van der Waals surface area contributed by atoms with Crippen molar-refractivity contribution in [2.24, 2.45) is 0 Å². The molecule has 7 heteroatoms. The first-order valence-electron chi connectivity index (χ1n) is 8.92. The third-order valence-electron chi connectivity index (χ3n) is 4.47. The maximum absolute atomic E-state index is 12.8. The zero-order valence-corrected chi connectivity index (χ0v) is 16.5. The van der Waals surface area contributed by atoms with Crippen molar-refractivity contribution >= 4 is 17.2 Å². The first kappa shape index (κ1) is 19.1. The fraction of sp³-hybridized carbons (Fsp3) is 0.350. The monoisotopic (exact) mass is 385 g/mol. The van der Waals surface area contributed by atoms with Gasteiger partial charge >= 0.3 is 0 Å². The number of benzene rings is 1. The first-order chi connectivity index (χ1) is 13.1. The fourth-order valence-corrected chi connectivity index (χ4v) is 3.62. The summed E-state index contributed by atoms with van der Waals surface area (Å²) in [4.78, 5) is 19.9. The topological polar surface area (TPSA) is 68.5 Å². The van der Waals surface area contributed by atoms with Gasteiger partial charge in [0.1, 0.15) is 5.75 Å². The number of aryl methyl sites for hydroxylation is 1. The van der Waals surface area contributed by atoms with Gasteiger partial charge in [0.2, 0.25) is 17.6 Å². The smallest absolute Gasteiger partial charge is 0.227 e. The lowest BCUT2D eigenvalue weighted by atomic mass is 10.1. The minimum atomic E-state index is -0.0398. The largest absolute Gasteiger partial charge is 0.497 e. The van der Waals surface area contributed by atoms with Gasteiger partial charge < -0.3 is 14.2 Å². The van der Waals surface area contributed by atoms with Gasteiger partial charge in [0.15, 0.2) is 0 Å². The summed E-state index contributed by atoms with van der Waals surface area (Å²) in [6.07, 6.45) is 0.757. The van der Waals surface area contributed by atoms with Crippen LogP contribution in [0.1, 0.15) is 37.8 Å². The molecule has 2 heterocycles. The SMILES string of the molecule is CCN(C(=O)CCc1nc(-c2cccs2)no1)C(C)c1cccc(OC)c1. The van der Waals surface area contributed by atoms with Crippen molar-refractivity contribution in [1.29, 1.82) is 0 Å². The number of ether oxygens (including phenoxy) is 1. The molecule has 0 aliphatic rings. The Hall–Kier alpha value is -2.67. The minimum absolute atomic E-state index is 0.0398. The van der Waals surface area contributed by atoms with Crippen LogP contribution in [0.3, 0.4) is 0 Å². The second kappa shape index (κ2) is 8.81. The Morgan fingerprint density at radius 2 is 2.19 bits per heavy atom. The highest BCUT2D eigenvalue weighted by Crippen LogP contribution is 2.25. The molecule has 0 fully saturated rings. The third-order valence-corrected chi connectivity index (χ3v) is 5.33. The summed E-state index contributed by atoms with van der Waals surface area (Å²) in [6.45, 7) is 4.63. The predicted octanol–water partition coefficient (Wildman–Crippen LogP) is 4.35. The number of aromatic nitrogens is 2. The van der Waals surface area contributed by atoms with Gasteiger partial charge in [-0.1, -0.05) is 23.4 Å². The van der Waals surface area contributed by atoms with Crippen LogP contribution in [0.25, 0.3) is 10.7 Å². The van der Waals surface area contributed by atoms with Crippen molar-refractivity contribution in [1.82, 2.24) is 15.0 Å². The quantitative estimate of drug-likeness (QED) is 0.577. The van der Waals surface area contributed by atoms with Gasteiger partial charge in [-0.15, -0.1) is 11.3 Å². The lowest BCUT2D eigenvalue weighted by Crippen LogP contribution is -2.33. The highest BCUT2D eigenvalue weighted by Gasteiger charge is 2.21. The molecular weight excluding hydrogens is 362 g/mol. The summed E-state index contributed by atoms with van der Waals surface area (Å²) in [5.74, 6) is 1.90. The molecule has 27 heavy (non-hydrogen) atoms. The van der Waals surface area contributed by atoms with Gasteiger partial charge in [-0.2, -0.15) is 4.98 Å². The van der Waals surface area contributed by atoms with E-state index < -0.39 is 0 Å². The number of rotatable bonds is 8. The van der Waals surface area contributed by atoms with E-state index in [2.05, 4.69) is 10.1 Å². The molecule has 6 nitrogen and oxygen atoms in total. The number of hydrogen-bond acceptors (Lipinski definition) is 6. The summed E-state index contributed by atoms with van der Waals surface area (Å²) in [5.41, 5.74) is 1.04. The average molecular weight is 385 g/mol. The van der Waals surface area contributed by atoms with E-state index in [1.165, 1.54) is 0 Å². The average Bonchev–Trinajstić information content (AvgIpc) is 3.38. The number of amides is 1. The number of thiophene rings is 1. The Labute approximate surface area is 162 Å². The molecule has 1 atom stereocenters. The predicted molar refractivity (Wildman–Crippen MR) is 105 cm³/mol. The van der Waals surface area contributed by atoms with Gasteiger partial charge in [0.05, 0.1) is 18.0 Å². The van der Waals surface area contributed by atoms with Crippen molar-refractivity contribution in [3.63, 3.8) is 0 Å². The molecule has 2 aromatic heterocycles. The van der Waals surface area contributed by atoms with Gasteiger partial charge in [-0.05, 0) is 43.0 Å². The van der Waals surface area contributed by atoms with Crippen molar-refractivity contribution in [2.75, 3.05) is 13.7 Å². The van der Waals surface area contributed by atoms with Crippen molar-refractivity contribution in [3.05, 3.63) is 53.2 Å². The highest BCUT2D eigenvalue weighted by atomic mass is 32.1. The van der Waals surface area contributed by atoms with E-state index in [9.17, 15) is 4.79 Å². The van der Waals surface area contributed by atoms with E-state index in [0.717, 1.165) is 16.2 Å². The standard InChI is InChI=1S/C20H23N3O3S/c1-4-23(14(2)15-7-5-8-16(13-15)25-3)19(24)11-10-18-21-20(22-26-18)17-9-6-12-27-17/h5-9,12-14H,4,10-11H2,1-3H3. The molecule has 0 saturated heterocycles. The van der Waals surface area contributed by atoms with Gasteiger partial charge in [0, 0.05) is 19.4 Å². The van der Waals surface area contributed by atoms with E-state index >= 15 is 0 Å². The molecule has 1 unspecified atom stereocenters. The van der Waals surface area contributed by atoms with E-state index in [1.54, 1.807) is 18.4 Å². The third kappa shape index (κ3) is 4.54. The van der Waals surface area contributed by atoms with Gasteiger partial charge in [-0.3, -0.25) is 4.79 Å². The van der Waals surface area contributed by atoms with Crippen LogP contribution < -0.4 is 4.74 Å². The number of carbonyl (C=O) groups is 1. The number of methoxy groups -OCH3 is 1. The van der Waals surface area contributed by atoms with Crippen LogP contribution in [0.15, 0.2) is 46.3 Å². The molecule has 1 aromatic carbocycles. The zero-order chi connectivity index (χ0) is 19.2. The minimum Gasteiger partial charge on any atom is -0.497 e. The lowest BCUT2D eigenvalue weighted by molar-refractivity contribution is -0.133. The van der Waals surface area contributed by atoms with Crippen molar-refractivity contribution in [2.45, 2.75) is 32.7 Å². The second-order valence-corrected chi connectivity index (χ2v) is 7.07. The van der Waals surface area contributed by atoms with Crippen LogP contribution in [0.2, 0.25) is 0 Å². The maximum atomic E-state index is 12.8. The molecule has 0 aliphatic carbocycles. The molecular formula is C20H23N3O3S. The Morgan fingerprint density at radius 1 is 1.33 bits per heavy atom. The highest BCUT2D eigenvalue weighted by molar-refractivity contribution is 7.13. The Morgan fingerprint density at radius 3 is 2.89 bits per heavy atom. The zero-order valence-electron chi connectivity index (χ0n) is 15.7. The van der Waals surface area contributed by atoms with E-state index in [4.69, 9.17) is 9.26 Å². The molecule has 0 radical (unpaired) electrons. The first-order valence-corrected chi connectivity index (χ1v) is 9.80. The maximum Gasteiger partial charge on any atom is 0.227 e. The van der Waals surface area contributed by atoms with Gasteiger partial charge in [0.25, 0.3) is 0 Å². The van der Waals surface area contributed by atoms with Crippen molar-refractivity contribution in [3.8, 4) is 16.5 Å². The Balaban J connectivity index is 1.63. The second-order valence-electron chi connectivity index (χ2n) is 6.12. The fourth-order valence-electron chi connectivity index (χ4n) is 2.97. The molecule has 3 rings (SSSR count). The van der Waals surface area contributed by atoms with Crippen LogP contribution >= 0.6 is 11.3 Å². The summed E-state index contributed by atoms with van der Waals surface area (Å²) in [7, 11) is 1.64. The molecule has 1 amide bonds. The number of carbonyl (C=O) groups excluding carboxylic acids is 1. The summed E-state index contributed by atoms with van der Waals surface area (Å²) < 4.78 is 10.6. The summed E-state index contributed by atoms with van der Waals surface area (Å²) >= 11 is 1.56. The molecule has 142 valence electrons. The van der Waals surface area contributed by atoms with Crippen LogP contribution in [0.5, 0.6) is 5.75 Å². The normalized spacial score (nSPS) is 12.0. The van der Waals surface area contributed by atoms with E-state index in [-0.39, 0.29) is 11.9 Å². The van der Waals surface area contributed by atoms with Crippen LogP contribution in [-0.4, -0.2) is 34.6 Å². The van der Waals surface area contributed by atoms with Crippen LogP contribution in [-0.2, 0) is 11.2 Å². The van der Waals surface area contributed by atoms with Crippen LogP contribution in [0, 0.1) is 0 Å². The number of nitrogens with zero attached hydrogens (tertiary/aromatic N) is 3. The molecule has 0 spiro atoms. The molecule has 0 bridgehead atoms. The molecule has 0 aliphatic heterocycles. The summed E-state index contributed by atoms with van der Waals surface area (Å²) in [5, 5.41) is 5.96. The van der Waals surface area contributed by atoms with E-state index in [0.29, 0.717) is 31.1 Å². The van der Waals surface area contributed by atoms with Crippen LogP contribution in [0.4, 0.5) is 0 Å². The Kier molecular flexibility index (Phi) is 6.24. The summed E-state index contributed by atoms with van der Waals surface area (Å²) in [6, 6.07) is 11.7. The number of hydrogen-bond donors (Lipinski definition) is 0. The molecule has 0 saturated carbocycles.